The number of allylic oxidation sites excluding steroid dienone is 1. The van der Waals surface area contributed by atoms with Crippen molar-refractivity contribution >= 4 is 12.4 Å². The lowest BCUT2D eigenvalue weighted by molar-refractivity contribution is 0.0502. The van der Waals surface area contributed by atoms with Gasteiger partial charge in [-0.3, -0.25) is 4.90 Å². The summed E-state index contributed by atoms with van der Waals surface area (Å²) in [4.78, 5) is 4.94. The maximum atomic E-state index is 6.39. The standard InChI is InChI=1S/C28H32N2O.ClH/c1-4-11-25(12-5-1)13-10-18-29-19-21-30(22-20-29)23-24-31-28(26-14-6-2-7-15-26)27-16-8-3-9-17-27;/h1-12,14-18,28H,13,19-24H2;1H/b18-10+;. The summed E-state index contributed by atoms with van der Waals surface area (Å²) in [6.07, 6.45) is 5.53. The Bertz CT molecular complexity index is 870. The van der Waals surface area contributed by atoms with Crippen LogP contribution in [0.3, 0.4) is 0 Å². The molecule has 0 bridgehead atoms. The lowest BCUT2D eigenvalue weighted by atomic mass is 10.0. The average Bonchev–Trinajstić information content (AvgIpc) is 2.85. The molecule has 1 heterocycles. The smallest absolute Gasteiger partial charge is 0.108 e. The van der Waals surface area contributed by atoms with Crippen molar-refractivity contribution in [1.29, 1.82) is 0 Å². The van der Waals surface area contributed by atoms with Crippen molar-refractivity contribution in [3.8, 4) is 0 Å². The number of halogens is 1. The first-order valence-electron chi connectivity index (χ1n) is 11.3. The lowest BCUT2D eigenvalue weighted by Crippen LogP contribution is -2.45. The van der Waals surface area contributed by atoms with Gasteiger partial charge in [0, 0.05) is 32.7 Å². The van der Waals surface area contributed by atoms with Crippen molar-refractivity contribution in [3.05, 3.63) is 120 Å². The van der Waals surface area contributed by atoms with Crippen molar-refractivity contribution in [2.24, 2.45) is 0 Å². The van der Waals surface area contributed by atoms with Crippen molar-refractivity contribution in [3.63, 3.8) is 0 Å². The monoisotopic (exact) mass is 448 g/mol. The zero-order valence-electron chi connectivity index (χ0n) is 18.6. The van der Waals surface area contributed by atoms with Crippen molar-refractivity contribution in [1.82, 2.24) is 9.80 Å². The van der Waals surface area contributed by atoms with E-state index in [0.29, 0.717) is 0 Å². The molecule has 0 atom stereocenters. The highest BCUT2D eigenvalue weighted by Gasteiger charge is 2.17. The highest BCUT2D eigenvalue weighted by atomic mass is 35.5. The fraction of sp³-hybridized carbons (Fsp3) is 0.286. The molecule has 0 radical (unpaired) electrons. The van der Waals surface area contributed by atoms with E-state index in [-0.39, 0.29) is 18.5 Å². The van der Waals surface area contributed by atoms with E-state index in [1.54, 1.807) is 0 Å². The van der Waals surface area contributed by atoms with Gasteiger partial charge >= 0.3 is 0 Å². The molecular weight excluding hydrogens is 416 g/mol. The summed E-state index contributed by atoms with van der Waals surface area (Å²) in [5.74, 6) is 0. The Labute approximate surface area is 198 Å². The second kappa shape index (κ2) is 13.1. The normalized spacial score (nSPS) is 14.6. The van der Waals surface area contributed by atoms with Crippen molar-refractivity contribution < 1.29 is 4.74 Å². The van der Waals surface area contributed by atoms with E-state index in [9.17, 15) is 0 Å². The van der Waals surface area contributed by atoms with Gasteiger partial charge in [0.15, 0.2) is 0 Å². The zero-order valence-corrected chi connectivity index (χ0v) is 19.4. The van der Waals surface area contributed by atoms with Crippen LogP contribution >= 0.6 is 12.4 Å². The SMILES string of the molecule is C(=C\N1CCN(CCOC(c2ccccc2)c2ccccc2)CC1)/Cc1ccccc1.Cl. The van der Waals surface area contributed by atoms with E-state index in [4.69, 9.17) is 4.74 Å². The van der Waals surface area contributed by atoms with Gasteiger partial charge in [-0.05, 0) is 29.3 Å². The van der Waals surface area contributed by atoms with Crippen LogP contribution in [0.25, 0.3) is 0 Å². The molecular formula is C28H33ClN2O. The molecule has 3 nitrogen and oxygen atoms in total. The third-order valence-corrected chi connectivity index (χ3v) is 5.82. The van der Waals surface area contributed by atoms with Crippen molar-refractivity contribution in [2.45, 2.75) is 12.5 Å². The molecule has 0 N–H and O–H groups in total. The van der Waals surface area contributed by atoms with Crippen LogP contribution in [-0.2, 0) is 11.2 Å². The Balaban J connectivity index is 0.00000289. The molecule has 168 valence electrons. The van der Waals surface area contributed by atoms with Crippen LogP contribution in [0, 0.1) is 0 Å². The Morgan fingerprint density at radius 1 is 0.719 bits per heavy atom. The van der Waals surface area contributed by atoms with E-state index in [1.807, 2.05) is 0 Å². The number of hydrogen-bond donors (Lipinski definition) is 0. The van der Waals surface area contributed by atoms with Crippen LogP contribution in [0.15, 0.2) is 103 Å². The van der Waals surface area contributed by atoms with Gasteiger partial charge in [0.25, 0.3) is 0 Å². The van der Waals surface area contributed by atoms with Gasteiger partial charge in [-0.2, -0.15) is 0 Å². The molecule has 0 spiro atoms. The van der Waals surface area contributed by atoms with Gasteiger partial charge < -0.3 is 9.64 Å². The molecule has 0 amide bonds. The molecule has 4 rings (SSSR count). The van der Waals surface area contributed by atoms with Crippen LogP contribution < -0.4 is 0 Å². The van der Waals surface area contributed by atoms with Crippen LogP contribution in [0.5, 0.6) is 0 Å². The van der Waals surface area contributed by atoms with E-state index in [2.05, 4.69) is 113 Å². The summed E-state index contributed by atoms with van der Waals surface area (Å²) in [7, 11) is 0. The van der Waals surface area contributed by atoms with Crippen molar-refractivity contribution in [2.75, 3.05) is 39.3 Å². The van der Waals surface area contributed by atoms with Crippen LogP contribution in [0.2, 0.25) is 0 Å². The Kier molecular flexibility index (Phi) is 9.83. The number of rotatable bonds is 9. The average molecular weight is 449 g/mol. The predicted molar refractivity (Wildman–Crippen MR) is 135 cm³/mol. The first kappa shape index (κ1) is 24.1. The molecule has 0 saturated carbocycles. The molecule has 0 aromatic heterocycles. The quantitative estimate of drug-likeness (QED) is 0.424. The number of nitrogens with zero attached hydrogens (tertiary/aromatic N) is 2. The van der Waals surface area contributed by atoms with E-state index in [0.717, 1.165) is 45.8 Å². The summed E-state index contributed by atoms with van der Waals surface area (Å²) < 4.78 is 6.39. The van der Waals surface area contributed by atoms with Gasteiger partial charge in [-0.25, -0.2) is 0 Å². The molecule has 3 aromatic rings. The fourth-order valence-electron chi connectivity index (χ4n) is 4.03. The molecule has 3 aromatic carbocycles. The minimum Gasteiger partial charge on any atom is -0.375 e. The van der Waals surface area contributed by atoms with Crippen LogP contribution in [-0.4, -0.2) is 49.1 Å². The maximum absolute atomic E-state index is 6.39. The summed E-state index contributed by atoms with van der Waals surface area (Å²) >= 11 is 0. The molecule has 1 aliphatic heterocycles. The highest BCUT2D eigenvalue weighted by molar-refractivity contribution is 5.85. The van der Waals surface area contributed by atoms with E-state index >= 15 is 0 Å². The van der Waals surface area contributed by atoms with Crippen LogP contribution in [0.1, 0.15) is 22.8 Å². The third-order valence-electron chi connectivity index (χ3n) is 5.82. The largest absolute Gasteiger partial charge is 0.375 e. The van der Waals surface area contributed by atoms with Crippen LogP contribution in [0.4, 0.5) is 0 Å². The summed E-state index contributed by atoms with van der Waals surface area (Å²) in [5, 5.41) is 0. The molecule has 0 unspecified atom stereocenters. The van der Waals surface area contributed by atoms with Gasteiger partial charge in [0.1, 0.15) is 6.10 Å². The van der Waals surface area contributed by atoms with Gasteiger partial charge in [0.05, 0.1) is 6.61 Å². The fourth-order valence-corrected chi connectivity index (χ4v) is 4.03. The predicted octanol–water partition coefficient (Wildman–Crippen LogP) is 5.59. The molecule has 1 fully saturated rings. The minimum absolute atomic E-state index is 0. The Hall–Kier alpha value is -2.59. The first-order chi connectivity index (χ1) is 15.4. The second-order valence-corrected chi connectivity index (χ2v) is 8.02. The zero-order chi connectivity index (χ0) is 21.1. The van der Waals surface area contributed by atoms with Gasteiger partial charge in [-0.1, -0.05) is 97.1 Å². The topological polar surface area (TPSA) is 15.7 Å². The highest BCUT2D eigenvalue weighted by Crippen LogP contribution is 2.25. The number of benzene rings is 3. The molecule has 1 saturated heterocycles. The third kappa shape index (κ3) is 7.23. The van der Waals surface area contributed by atoms with Gasteiger partial charge in [0.2, 0.25) is 0 Å². The van der Waals surface area contributed by atoms with Gasteiger partial charge in [-0.15, -0.1) is 12.4 Å². The van der Waals surface area contributed by atoms with E-state index < -0.39 is 0 Å². The number of piperazine rings is 1. The molecule has 1 aliphatic rings. The minimum atomic E-state index is -0.00962. The Morgan fingerprint density at radius 2 is 1.25 bits per heavy atom. The Morgan fingerprint density at radius 3 is 1.81 bits per heavy atom. The maximum Gasteiger partial charge on any atom is 0.108 e. The molecule has 0 aliphatic carbocycles. The summed E-state index contributed by atoms with van der Waals surface area (Å²) in [5.41, 5.74) is 3.78. The summed E-state index contributed by atoms with van der Waals surface area (Å²) in [6, 6.07) is 31.7. The summed E-state index contributed by atoms with van der Waals surface area (Å²) in [6.45, 7) is 6.02. The lowest BCUT2D eigenvalue weighted by Gasteiger charge is -2.34. The molecule has 4 heteroatoms. The first-order valence-corrected chi connectivity index (χ1v) is 11.3. The molecule has 32 heavy (non-hydrogen) atoms. The second-order valence-electron chi connectivity index (χ2n) is 8.02. The number of hydrogen-bond acceptors (Lipinski definition) is 3. The number of ether oxygens (including phenoxy) is 1. The van der Waals surface area contributed by atoms with E-state index in [1.165, 1.54) is 16.7 Å².